The molecule has 4 nitrogen and oxygen atoms in total. The minimum Gasteiger partial charge on any atom is -0.364 e. The molecule has 4 rings (SSSR count). The van der Waals surface area contributed by atoms with Gasteiger partial charge in [-0.15, -0.1) is 0 Å². The molecule has 0 saturated heterocycles. The highest BCUT2D eigenvalue weighted by molar-refractivity contribution is 5.86. The molecule has 0 saturated carbocycles. The molecule has 1 aromatic heterocycles. The van der Waals surface area contributed by atoms with Gasteiger partial charge in [-0.3, -0.25) is 0 Å². The molecular weight excluding hydrogens is 308 g/mol. The van der Waals surface area contributed by atoms with Crippen molar-refractivity contribution in [1.29, 1.82) is 0 Å². The molecule has 0 amide bonds. The summed E-state index contributed by atoms with van der Waals surface area (Å²) in [5.41, 5.74) is 7.25. The zero-order valence-electron chi connectivity index (χ0n) is 15.3. The first kappa shape index (κ1) is 15.9. The minimum atomic E-state index is 0.309. The van der Waals surface area contributed by atoms with E-state index >= 15 is 0 Å². The van der Waals surface area contributed by atoms with E-state index in [0.29, 0.717) is 12.1 Å². The number of H-pyrrole nitrogens is 1. The SMILES string of the molecule is CC(C)N1Cc2ccccc2-c2n[nH][n+](C(C)C)c2-c2ccccc21. The lowest BCUT2D eigenvalue weighted by Gasteiger charge is -2.32. The van der Waals surface area contributed by atoms with Gasteiger partial charge in [0.2, 0.25) is 5.69 Å². The van der Waals surface area contributed by atoms with Crippen molar-refractivity contribution in [3.05, 3.63) is 54.1 Å². The van der Waals surface area contributed by atoms with Gasteiger partial charge in [0, 0.05) is 28.9 Å². The molecule has 128 valence electrons. The Labute approximate surface area is 149 Å². The Kier molecular flexibility index (Phi) is 3.83. The van der Waals surface area contributed by atoms with E-state index in [0.717, 1.165) is 12.2 Å². The Morgan fingerprint density at radius 1 is 0.960 bits per heavy atom. The highest BCUT2D eigenvalue weighted by atomic mass is 15.4. The van der Waals surface area contributed by atoms with Gasteiger partial charge in [-0.1, -0.05) is 35.5 Å². The van der Waals surface area contributed by atoms with Crippen molar-refractivity contribution in [2.75, 3.05) is 4.90 Å². The summed E-state index contributed by atoms with van der Waals surface area (Å²) in [6.45, 7) is 9.78. The van der Waals surface area contributed by atoms with Crippen LogP contribution >= 0.6 is 0 Å². The third kappa shape index (κ3) is 2.53. The molecule has 25 heavy (non-hydrogen) atoms. The molecule has 0 bridgehead atoms. The number of aromatic amines is 1. The van der Waals surface area contributed by atoms with Crippen molar-refractivity contribution in [2.45, 2.75) is 46.3 Å². The summed E-state index contributed by atoms with van der Waals surface area (Å²) in [5.74, 6) is 0. The van der Waals surface area contributed by atoms with E-state index in [1.54, 1.807) is 0 Å². The van der Waals surface area contributed by atoms with Gasteiger partial charge in [-0.25, -0.2) is 0 Å². The maximum absolute atomic E-state index is 4.71. The van der Waals surface area contributed by atoms with E-state index in [4.69, 9.17) is 5.10 Å². The van der Waals surface area contributed by atoms with E-state index in [2.05, 4.69) is 91.0 Å². The fraction of sp³-hybridized carbons (Fsp3) is 0.333. The van der Waals surface area contributed by atoms with Crippen LogP contribution in [0, 0.1) is 0 Å². The predicted octanol–water partition coefficient (Wildman–Crippen LogP) is 4.34. The molecule has 4 heteroatoms. The number of nitrogens with one attached hydrogen (secondary N) is 1. The highest BCUT2D eigenvalue weighted by Gasteiger charge is 2.33. The van der Waals surface area contributed by atoms with E-state index in [1.807, 2.05) is 0 Å². The molecule has 1 N–H and O–H groups in total. The van der Waals surface area contributed by atoms with E-state index in [9.17, 15) is 0 Å². The number of hydrogen-bond acceptors (Lipinski definition) is 2. The first-order valence-corrected chi connectivity index (χ1v) is 9.02. The smallest absolute Gasteiger partial charge is 0.257 e. The Bertz CT molecular complexity index is 908. The number of anilines is 1. The topological polar surface area (TPSA) is 35.8 Å². The summed E-state index contributed by atoms with van der Waals surface area (Å²) in [6.07, 6.45) is 0. The van der Waals surface area contributed by atoms with Crippen molar-refractivity contribution in [2.24, 2.45) is 0 Å². The predicted molar refractivity (Wildman–Crippen MR) is 101 cm³/mol. The maximum atomic E-state index is 4.71. The first-order valence-electron chi connectivity index (χ1n) is 9.02. The molecule has 0 radical (unpaired) electrons. The fourth-order valence-corrected chi connectivity index (χ4v) is 3.68. The largest absolute Gasteiger partial charge is 0.364 e. The number of aromatic nitrogens is 3. The zero-order chi connectivity index (χ0) is 17.6. The average molecular weight is 333 g/mol. The standard InChI is InChI=1S/C21H24N4/c1-14(2)24-13-16-9-5-6-10-17(16)20-21(25(15(3)4)23-22-20)18-11-7-8-12-19(18)24/h5-12,14-15H,13H2,1-4H3/p+1. The number of benzene rings is 2. The summed E-state index contributed by atoms with van der Waals surface area (Å²) < 4.78 is 2.18. The lowest BCUT2D eigenvalue weighted by atomic mass is 9.95. The quantitative estimate of drug-likeness (QED) is 0.708. The monoisotopic (exact) mass is 333 g/mol. The van der Waals surface area contributed by atoms with Crippen LogP contribution in [0.1, 0.15) is 39.3 Å². The molecule has 3 aromatic rings. The number of nitrogens with zero attached hydrogens (tertiary/aromatic N) is 3. The number of hydrogen-bond donors (Lipinski definition) is 1. The van der Waals surface area contributed by atoms with E-state index in [1.165, 1.54) is 28.1 Å². The Morgan fingerprint density at radius 3 is 2.36 bits per heavy atom. The van der Waals surface area contributed by atoms with Crippen molar-refractivity contribution < 1.29 is 4.68 Å². The second kappa shape index (κ2) is 6.03. The lowest BCUT2D eigenvalue weighted by molar-refractivity contribution is -0.761. The second-order valence-electron chi connectivity index (χ2n) is 7.27. The summed E-state index contributed by atoms with van der Waals surface area (Å²) in [5, 5.41) is 7.95. The molecule has 0 spiro atoms. The number of rotatable bonds is 2. The van der Waals surface area contributed by atoms with Gasteiger partial charge in [0.1, 0.15) is 6.04 Å². The number of fused-ring (bicyclic) bond motifs is 5. The van der Waals surface area contributed by atoms with Crippen molar-refractivity contribution in [1.82, 2.24) is 10.3 Å². The van der Waals surface area contributed by atoms with Gasteiger partial charge >= 0.3 is 0 Å². The summed E-state index contributed by atoms with van der Waals surface area (Å²) in [6, 6.07) is 18.0. The Morgan fingerprint density at radius 2 is 1.64 bits per heavy atom. The van der Waals surface area contributed by atoms with Crippen LogP contribution in [0.3, 0.4) is 0 Å². The normalized spacial score (nSPS) is 13.3. The summed E-state index contributed by atoms with van der Waals surface area (Å²) >= 11 is 0. The summed E-state index contributed by atoms with van der Waals surface area (Å²) in [4.78, 5) is 2.48. The molecule has 1 aliphatic rings. The molecule has 1 aliphatic heterocycles. The third-order valence-corrected chi connectivity index (χ3v) is 4.96. The molecule has 0 atom stereocenters. The van der Waals surface area contributed by atoms with Gasteiger partial charge in [0.15, 0.2) is 0 Å². The lowest BCUT2D eigenvalue weighted by Crippen LogP contribution is -2.41. The van der Waals surface area contributed by atoms with Gasteiger partial charge < -0.3 is 4.90 Å². The average Bonchev–Trinajstić information content (AvgIpc) is 3.03. The van der Waals surface area contributed by atoms with Crippen LogP contribution in [-0.4, -0.2) is 16.4 Å². The Balaban J connectivity index is 2.09. The van der Waals surface area contributed by atoms with Gasteiger partial charge in [0.05, 0.1) is 5.56 Å². The maximum Gasteiger partial charge on any atom is 0.257 e. The van der Waals surface area contributed by atoms with Crippen molar-refractivity contribution in [3.63, 3.8) is 0 Å². The van der Waals surface area contributed by atoms with Crippen LogP contribution in [0.15, 0.2) is 48.5 Å². The van der Waals surface area contributed by atoms with Gasteiger partial charge in [-0.05, 0) is 51.5 Å². The van der Waals surface area contributed by atoms with Gasteiger partial charge in [0.25, 0.3) is 5.69 Å². The molecule has 2 aromatic carbocycles. The van der Waals surface area contributed by atoms with Crippen LogP contribution in [0.2, 0.25) is 0 Å². The molecule has 2 heterocycles. The highest BCUT2D eigenvalue weighted by Crippen LogP contribution is 2.40. The Hall–Kier alpha value is -2.62. The van der Waals surface area contributed by atoms with Crippen LogP contribution < -0.4 is 9.58 Å². The first-order chi connectivity index (χ1) is 12.1. The van der Waals surface area contributed by atoms with Crippen LogP contribution in [0.4, 0.5) is 5.69 Å². The fourth-order valence-electron chi connectivity index (χ4n) is 3.68. The molecule has 0 aliphatic carbocycles. The second-order valence-corrected chi connectivity index (χ2v) is 7.27. The molecule has 0 unspecified atom stereocenters. The molecule has 0 fully saturated rings. The van der Waals surface area contributed by atoms with Crippen LogP contribution in [0.25, 0.3) is 22.5 Å². The van der Waals surface area contributed by atoms with Crippen molar-refractivity contribution in [3.8, 4) is 22.5 Å². The zero-order valence-corrected chi connectivity index (χ0v) is 15.3. The van der Waals surface area contributed by atoms with Crippen LogP contribution in [0.5, 0.6) is 0 Å². The molecular formula is C21H25N4+. The third-order valence-electron chi connectivity index (χ3n) is 4.96. The van der Waals surface area contributed by atoms with E-state index in [-0.39, 0.29) is 0 Å². The van der Waals surface area contributed by atoms with Crippen LogP contribution in [-0.2, 0) is 6.54 Å². The number of para-hydroxylation sites is 1. The van der Waals surface area contributed by atoms with E-state index < -0.39 is 0 Å². The summed E-state index contributed by atoms with van der Waals surface area (Å²) in [7, 11) is 0. The van der Waals surface area contributed by atoms with Crippen molar-refractivity contribution >= 4 is 5.69 Å². The van der Waals surface area contributed by atoms with Gasteiger partial charge in [-0.2, -0.15) is 4.68 Å². The minimum absolute atomic E-state index is 0.309.